The van der Waals surface area contributed by atoms with Crippen LogP contribution in [-0.4, -0.2) is 35.0 Å². The first kappa shape index (κ1) is 11.3. The number of carbonyl (C=O) groups is 2. The van der Waals surface area contributed by atoms with E-state index in [-0.39, 0.29) is 11.9 Å². The van der Waals surface area contributed by atoms with Gasteiger partial charge in [-0.05, 0) is 11.6 Å². The Labute approximate surface area is 98.7 Å². The summed E-state index contributed by atoms with van der Waals surface area (Å²) in [7, 11) is 1.26. The van der Waals surface area contributed by atoms with Crippen LogP contribution in [0.1, 0.15) is 12.0 Å². The maximum atomic E-state index is 11.3. The zero-order valence-electron chi connectivity index (χ0n) is 9.37. The van der Waals surface area contributed by atoms with Gasteiger partial charge in [-0.2, -0.15) is 0 Å². The van der Waals surface area contributed by atoms with Crippen molar-refractivity contribution in [3.63, 3.8) is 0 Å². The van der Waals surface area contributed by atoms with Crippen LogP contribution in [0.3, 0.4) is 0 Å². The minimum absolute atomic E-state index is 0.210. The standard InChI is InChI=1S/C12H12N2O3/c1-17-12(16)14-10(7-11(14)15)5-4-9-3-2-6-13-8-9/h2-6,8,10H,7H2,1H3/b5-4+/t10-/m1/s1. The summed E-state index contributed by atoms with van der Waals surface area (Å²) >= 11 is 0. The van der Waals surface area contributed by atoms with E-state index in [2.05, 4.69) is 9.72 Å². The molecule has 0 spiro atoms. The van der Waals surface area contributed by atoms with Gasteiger partial charge in [-0.15, -0.1) is 0 Å². The molecule has 1 aliphatic rings. The van der Waals surface area contributed by atoms with Crippen LogP contribution in [0.15, 0.2) is 30.6 Å². The average molecular weight is 232 g/mol. The second-order valence-corrected chi connectivity index (χ2v) is 3.65. The van der Waals surface area contributed by atoms with Crippen LogP contribution >= 0.6 is 0 Å². The van der Waals surface area contributed by atoms with Crippen molar-refractivity contribution in [2.45, 2.75) is 12.5 Å². The fraction of sp³-hybridized carbons (Fsp3) is 0.250. The zero-order valence-corrected chi connectivity index (χ0v) is 9.37. The van der Waals surface area contributed by atoms with Crippen molar-refractivity contribution < 1.29 is 14.3 Å². The number of amides is 2. The molecule has 1 atom stereocenters. The number of imide groups is 1. The van der Waals surface area contributed by atoms with E-state index in [9.17, 15) is 9.59 Å². The first-order valence-corrected chi connectivity index (χ1v) is 5.20. The van der Waals surface area contributed by atoms with E-state index in [1.165, 1.54) is 7.11 Å². The van der Waals surface area contributed by atoms with Crippen LogP contribution in [0.5, 0.6) is 0 Å². The van der Waals surface area contributed by atoms with Crippen LogP contribution < -0.4 is 0 Å². The molecule has 0 unspecified atom stereocenters. The Bertz CT molecular complexity index is 456. The van der Waals surface area contributed by atoms with Crippen molar-refractivity contribution in [1.82, 2.24) is 9.88 Å². The number of pyridine rings is 1. The summed E-state index contributed by atoms with van der Waals surface area (Å²) in [5.74, 6) is -0.210. The van der Waals surface area contributed by atoms with Crippen LogP contribution in [-0.2, 0) is 9.53 Å². The lowest BCUT2D eigenvalue weighted by Crippen LogP contribution is -2.54. The molecule has 0 radical (unpaired) electrons. The lowest BCUT2D eigenvalue weighted by Gasteiger charge is -2.35. The lowest BCUT2D eigenvalue weighted by molar-refractivity contribution is -0.140. The van der Waals surface area contributed by atoms with Crippen molar-refractivity contribution in [2.24, 2.45) is 0 Å². The van der Waals surface area contributed by atoms with E-state index in [1.807, 2.05) is 18.2 Å². The monoisotopic (exact) mass is 232 g/mol. The van der Waals surface area contributed by atoms with E-state index in [1.54, 1.807) is 18.5 Å². The third-order valence-electron chi connectivity index (χ3n) is 2.55. The first-order valence-electron chi connectivity index (χ1n) is 5.20. The molecule has 0 aliphatic carbocycles. The van der Waals surface area contributed by atoms with Gasteiger partial charge in [-0.3, -0.25) is 9.78 Å². The Hall–Kier alpha value is -2.17. The highest BCUT2D eigenvalue weighted by molar-refractivity contribution is 5.98. The Morgan fingerprint density at radius 2 is 2.47 bits per heavy atom. The van der Waals surface area contributed by atoms with Crippen molar-refractivity contribution in [1.29, 1.82) is 0 Å². The number of likely N-dealkylation sites (tertiary alicyclic amines) is 1. The van der Waals surface area contributed by atoms with Crippen LogP contribution in [0.2, 0.25) is 0 Å². The van der Waals surface area contributed by atoms with E-state index < -0.39 is 6.09 Å². The van der Waals surface area contributed by atoms with Crippen molar-refractivity contribution >= 4 is 18.1 Å². The van der Waals surface area contributed by atoms with E-state index in [0.29, 0.717) is 6.42 Å². The molecule has 0 bridgehead atoms. The van der Waals surface area contributed by atoms with Gasteiger partial charge in [-0.1, -0.05) is 18.2 Å². The highest BCUT2D eigenvalue weighted by Crippen LogP contribution is 2.22. The minimum atomic E-state index is -0.609. The fourth-order valence-electron chi connectivity index (χ4n) is 1.63. The molecule has 0 N–H and O–H groups in total. The molecule has 1 saturated heterocycles. The van der Waals surface area contributed by atoms with E-state index in [0.717, 1.165) is 10.5 Å². The third-order valence-corrected chi connectivity index (χ3v) is 2.55. The number of nitrogens with zero attached hydrogens (tertiary/aromatic N) is 2. The number of carbonyl (C=O) groups excluding carboxylic acids is 2. The van der Waals surface area contributed by atoms with Crippen LogP contribution in [0.25, 0.3) is 6.08 Å². The molecular formula is C12H12N2O3. The van der Waals surface area contributed by atoms with Gasteiger partial charge in [0.1, 0.15) is 0 Å². The topological polar surface area (TPSA) is 59.5 Å². The predicted molar refractivity (Wildman–Crippen MR) is 60.9 cm³/mol. The summed E-state index contributed by atoms with van der Waals surface area (Å²) < 4.78 is 4.53. The summed E-state index contributed by atoms with van der Waals surface area (Å²) in [5, 5.41) is 0. The van der Waals surface area contributed by atoms with Gasteiger partial charge in [0.2, 0.25) is 5.91 Å². The molecule has 1 fully saturated rings. The highest BCUT2D eigenvalue weighted by atomic mass is 16.5. The molecule has 1 aromatic rings. The molecular weight excluding hydrogens is 220 g/mol. The quantitative estimate of drug-likeness (QED) is 0.724. The second kappa shape index (κ2) is 4.78. The SMILES string of the molecule is COC(=O)N1C(=O)C[C@H]1/C=C/c1cccnc1. The Morgan fingerprint density at radius 3 is 3.06 bits per heavy atom. The first-order chi connectivity index (χ1) is 8.22. The predicted octanol–water partition coefficient (Wildman–Crippen LogP) is 1.46. The fourth-order valence-corrected chi connectivity index (χ4v) is 1.63. The van der Waals surface area contributed by atoms with Crippen molar-refractivity contribution in [3.05, 3.63) is 36.2 Å². The van der Waals surface area contributed by atoms with Gasteiger partial charge < -0.3 is 4.74 Å². The lowest BCUT2D eigenvalue weighted by atomic mass is 10.0. The maximum Gasteiger partial charge on any atom is 0.416 e. The number of aromatic nitrogens is 1. The number of hydrogen-bond donors (Lipinski definition) is 0. The number of rotatable bonds is 2. The van der Waals surface area contributed by atoms with Crippen LogP contribution in [0, 0.1) is 0 Å². The molecule has 1 aromatic heterocycles. The van der Waals surface area contributed by atoms with Crippen molar-refractivity contribution in [3.8, 4) is 0 Å². The van der Waals surface area contributed by atoms with Crippen molar-refractivity contribution in [2.75, 3.05) is 7.11 Å². The summed E-state index contributed by atoms with van der Waals surface area (Å²) in [6.07, 6.45) is 6.76. The summed E-state index contributed by atoms with van der Waals surface area (Å²) in [4.78, 5) is 27.6. The van der Waals surface area contributed by atoms with Gasteiger partial charge in [0.25, 0.3) is 0 Å². The molecule has 88 valence electrons. The summed E-state index contributed by atoms with van der Waals surface area (Å²) in [5.41, 5.74) is 0.927. The number of β-lactam (4-membered cyclic amide) rings is 1. The molecule has 0 saturated carbocycles. The Morgan fingerprint density at radius 1 is 1.65 bits per heavy atom. The third kappa shape index (κ3) is 2.33. The largest absolute Gasteiger partial charge is 0.452 e. The summed E-state index contributed by atoms with van der Waals surface area (Å²) in [6.45, 7) is 0. The molecule has 0 aromatic carbocycles. The van der Waals surface area contributed by atoms with E-state index >= 15 is 0 Å². The van der Waals surface area contributed by atoms with Gasteiger partial charge in [0.05, 0.1) is 19.6 Å². The zero-order chi connectivity index (χ0) is 12.3. The molecule has 5 nitrogen and oxygen atoms in total. The number of methoxy groups -OCH3 is 1. The molecule has 2 heterocycles. The molecule has 1 aliphatic heterocycles. The minimum Gasteiger partial charge on any atom is -0.452 e. The van der Waals surface area contributed by atoms with Gasteiger partial charge in [0, 0.05) is 12.4 Å². The normalized spacial score (nSPS) is 19.2. The van der Waals surface area contributed by atoms with Gasteiger partial charge in [0.15, 0.2) is 0 Å². The highest BCUT2D eigenvalue weighted by Gasteiger charge is 2.39. The van der Waals surface area contributed by atoms with Crippen LogP contribution in [0.4, 0.5) is 4.79 Å². The average Bonchev–Trinajstić information content (AvgIpc) is 2.35. The number of hydrogen-bond acceptors (Lipinski definition) is 4. The molecule has 17 heavy (non-hydrogen) atoms. The smallest absolute Gasteiger partial charge is 0.416 e. The molecule has 2 rings (SSSR count). The summed E-state index contributed by atoms with van der Waals surface area (Å²) in [6, 6.07) is 3.51. The maximum absolute atomic E-state index is 11.3. The molecule has 5 heteroatoms. The van der Waals surface area contributed by atoms with Gasteiger partial charge >= 0.3 is 6.09 Å². The second-order valence-electron chi connectivity index (χ2n) is 3.65. The van der Waals surface area contributed by atoms with Gasteiger partial charge in [-0.25, -0.2) is 9.69 Å². The molecule has 2 amide bonds. The Kier molecular flexibility index (Phi) is 3.18. The van der Waals surface area contributed by atoms with E-state index in [4.69, 9.17) is 0 Å². The number of ether oxygens (including phenoxy) is 1. The Balaban J connectivity index is 2.03.